The van der Waals surface area contributed by atoms with Crippen LogP contribution in [0.1, 0.15) is 25.7 Å². The Hall–Kier alpha value is -1.15. The number of nitrogens with two attached hydrogens (primary N) is 1. The van der Waals surface area contributed by atoms with Crippen LogP contribution in [-0.4, -0.2) is 56.3 Å². The number of benzene rings is 1. The van der Waals surface area contributed by atoms with Crippen molar-refractivity contribution in [1.82, 2.24) is 9.21 Å². The Bertz CT molecular complexity index is 699. The van der Waals surface area contributed by atoms with E-state index in [0.29, 0.717) is 44.0 Å². The molecule has 1 aliphatic carbocycles. The van der Waals surface area contributed by atoms with Crippen molar-refractivity contribution in [1.29, 1.82) is 0 Å². The first-order chi connectivity index (χ1) is 12.0. The van der Waals surface area contributed by atoms with Crippen molar-refractivity contribution >= 4 is 28.3 Å². The summed E-state index contributed by atoms with van der Waals surface area (Å²) in [5.74, 6) is 0.453. The summed E-state index contributed by atoms with van der Waals surface area (Å²) in [6.07, 6.45) is 3.65. The predicted octanol–water partition coefficient (Wildman–Crippen LogP) is 1.71. The van der Waals surface area contributed by atoms with E-state index >= 15 is 0 Å². The molecule has 1 heterocycles. The van der Waals surface area contributed by atoms with E-state index in [4.69, 9.17) is 5.73 Å². The number of rotatable bonds is 4. The van der Waals surface area contributed by atoms with E-state index in [1.807, 2.05) is 4.90 Å². The van der Waals surface area contributed by atoms with Crippen molar-refractivity contribution in [3.8, 4) is 0 Å². The fourth-order valence-corrected chi connectivity index (χ4v) is 5.47. The topological polar surface area (TPSA) is 83.7 Å². The van der Waals surface area contributed by atoms with Crippen molar-refractivity contribution in [2.24, 2.45) is 17.6 Å². The number of sulfonamides is 1. The molecule has 8 heteroatoms. The Labute approximate surface area is 162 Å². The molecule has 1 amide bonds. The molecule has 1 aromatic carbocycles. The van der Waals surface area contributed by atoms with Crippen molar-refractivity contribution in [3.05, 3.63) is 30.3 Å². The summed E-state index contributed by atoms with van der Waals surface area (Å²) >= 11 is 0. The summed E-state index contributed by atoms with van der Waals surface area (Å²) in [7, 11) is -3.49. The number of hydrogen-bond acceptors (Lipinski definition) is 4. The molecule has 2 N–H and O–H groups in total. The second-order valence-electron chi connectivity index (χ2n) is 6.93. The fraction of sp³-hybridized carbons (Fsp3) is 0.611. The first-order valence-electron chi connectivity index (χ1n) is 9.08. The van der Waals surface area contributed by atoms with Gasteiger partial charge in [0.1, 0.15) is 0 Å². The highest BCUT2D eigenvalue weighted by atomic mass is 35.5. The fourth-order valence-electron chi connectivity index (χ4n) is 3.97. The van der Waals surface area contributed by atoms with Crippen LogP contribution in [0.5, 0.6) is 0 Å². The van der Waals surface area contributed by atoms with E-state index in [1.165, 1.54) is 4.31 Å². The van der Waals surface area contributed by atoms with Crippen LogP contribution >= 0.6 is 12.4 Å². The molecule has 2 aliphatic rings. The summed E-state index contributed by atoms with van der Waals surface area (Å²) in [4.78, 5) is 15.0. The molecule has 0 spiro atoms. The maximum atomic E-state index is 12.9. The molecule has 2 fully saturated rings. The van der Waals surface area contributed by atoms with Gasteiger partial charge in [0, 0.05) is 32.1 Å². The molecular weight excluding hydrogens is 374 g/mol. The van der Waals surface area contributed by atoms with Gasteiger partial charge in [-0.25, -0.2) is 8.42 Å². The zero-order chi connectivity index (χ0) is 17.9. The Balaban J connectivity index is 0.00000243. The monoisotopic (exact) mass is 401 g/mol. The van der Waals surface area contributed by atoms with E-state index in [-0.39, 0.29) is 30.2 Å². The molecule has 0 aromatic heterocycles. The molecular formula is C18H28ClN3O3S. The molecule has 1 aliphatic heterocycles. The average Bonchev–Trinajstić information content (AvgIpc) is 2.97. The quantitative estimate of drug-likeness (QED) is 0.832. The minimum Gasteiger partial charge on any atom is -0.341 e. The molecule has 146 valence electrons. The van der Waals surface area contributed by atoms with Gasteiger partial charge in [-0.15, -0.1) is 12.4 Å². The van der Waals surface area contributed by atoms with Crippen molar-refractivity contribution < 1.29 is 13.2 Å². The molecule has 3 rings (SSSR count). The van der Waals surface area contributed by atoms with Crippen LogP contribution in [0.25, 0.3) is 0 Å². The van der Waals surface area contributed by atoms with Crippen molar-refractivity contribution in [2.75, 3.05) is 32.7 Å². The lowest BCUT2D eigenvalue weighted by molar-refractivity contribution is -0.136. The van der Waals surface area contributed by atoms with Crippen LogP contribution in [0.4, 0.5) is 0 Å². The zero-order valence-electron chi connectivity index (χ0n) is 14.9. The van der Waals surface area contributed by atoms with Crippen LogP contribution in [0.3, 0.4) is 0 Å². The molecule has 26 heavy (non-hydrogen) atoms. The third-order valence-electron chi connectivity index (χ3n) is 5.43. The zero-order valence-corrected chi connectivity index (χ0v) is 16.6. The van der Waals surface area contributed by atoms with Gasteiger partial charge in [-0.1, -0.05) is 24.6 Å². The third-order valence-corrected chi connectivity index (χ3v) is 7.34. The first kappa shape index (κ1) is 21.2. The second-order valence-corrected chi connectivity index (χ2v) is 8.87. The number of halogens is 1. The predicted molar refractivity (Wildman–Crippen MR) is 104 cm³/mol. The van der Waals surface area contributed by atoms with Crippen molar-refractivity contribution in [3.63, 3.8) is 0 Å². The largest absolute Gasteiger partial charge is 0.341 e. The van der Waals surface area contributed by atoms with E-state index < -0.39 is 10.0 Å². The SMILES string of the molecule is Cl.NC[C@H]1CCC[C@H]1C(=O)N1CCCN(S(=O)(=O)c2ccccc2)CC1. The third kappa shape index (κ3) is 4.39. The maximum absolute atomic E-state index is 12.9. The smallest absolute Gasteiger partial charge is 0.243 e. The Kier molecular flexibility index (Phi) is 7.46. The lowest BCUT2D eigenvalue weighted by Gasteiger charge is -2.27. The lowest BCUT2D eigenvalue weighted by Crippen LogP contribution is -2.41. The minimum absolute atomic E-state index is 0. The van der Waals surface area contributed by atoms with Crippen LogP contribution in [0.15, 0.2) is 35.2 Å². The van der Waals surface area contributed by atoms with Gasteiger partial charge in [0.15, 0.2) is 0 Å². The molecule has 1 saturated heterocycles. The Morgan fingerprint density at radius 3 is 2.46 bits per heavy atom. The normalized spacial score (nSPS) is 24.7. The number of carbonyl (C=O) groups excluding carboxylic acids is 1. The van der Waals surface area contributed by atoms with Gasteiger partial charge in [0.05, 0.1) is 4.90 Å². The first-order valence-corrected chi connectivity index (χ1v) is 10.5. The van der Waals surface area contributed by atoms with E-state index in [1.54, 1.807) is 30.3 Å². The molecule has 1 aromatic rings. The highest BCUT2D eigenvalue weighted by molar-refractivity contribution is 7.89. The molecule has 0 radical (unpaired) electrons. The van der Waals surface area contributed by atoms with Crippen LogP contribution in [0.2, 0.25) is 0 Å². The van der Waals surface area contributed by atoms with Crippen molar-refractivity contribution in [2.45, 2.75) is 30.6 Å². The average molecular weight is 402 g/mol. The number of hydrogen-bond donors (Lipinski definition) is 1. The second kappa shape index (κ2) is 9.17. The summed E-state index contributed by atoms with van der Waals surface area (Å²) in [6, 6.07) is 8.50. The highest BCUT2D eigenvalue weighted by Crippen LogP contribution is 2.32. The molecule has 6 nitrogen and oxygen atoms in total. The molecule has 0 unspecified atom stereocenters. The Morgan fingerprint density at radius 1 is 1.04 bits per heavy atom. The Morgan fingerprint density at radius 2 is 1.77 bits per heavy atom. The number of amides is 1. The minimum atomic E-state index is -3.49. The number of carbonyl (C=O) groups is 1. The van der Waals surface area contributed by atoms with E-state index in [9.17, 15) is 13.2 Å². The summed E-state index contributed by atoms with van der Waals surface area (Å²) in [5, 5.41) is 0. The van der Waals surface area contributed by atoms with Gasteiger partial charge in [-0.3, -0.25) is 4.79 Å². The van der Waals surface area contributed by atoms with Gasteiger partial charge in [0.25, 0.3) is 0 Å². The van der Waals surface area contributed by atoms with Gasteiger partial charge < -0.3 is 10.6 Å². The van der Waals surface area contributed by atoms with Gasteiger partial charge >= 0.3 is 0 Å². The molecule has 0 bridgehead atoms. The summed E-state index contributed by atoms with van der Waals surface area (Å²) in [5.41, 5.74) is 5.81. The van der Waals surface area contributed by atoms with Crippen LogP contribution in [-0.2, 0) is 14.8 Å². The standard InChI is InChI=1S/C18H27N3O3S.ClH/c19-14-15-6-4-9-17(15)18(22)20-10-5-11-21(13-12-20)25(23,24)16-7-2-1-3-8-16;/h1-3,7-8,15,17H,4-6,9-14,19H2;1H/t15-,17-;/m1./s1. The van der Waals surface area contributed by atoms with Gasteiger partial charge in [-0.2, -0.15) is 4.31 Å². The van der Waals surface area contributed by atoms with Crippen LogP contribution < -0.4 is 5.73 Å². The molecule has 2 atom stereocenters. The van der Waals surface area contributed by atoms with Gasteiger partial charge in [-0.05, 0) is 43.9 Å². The molecule has 1 saturated carbocycles. The van der Waals surface area contributed by atoms with E-state index in [2.05, 4.69) is 0 Å². The highest BCUT2D eigenvalue weighted by Gasteiger charge is 2.36. The maximum Gasteiger partial charge on any atom is 0.243 e. The lowest BCUT2D eigenvalue weighted by atomic mass is 9.94. The van der Waals surface area contributed by atoms with Gasteiger partial charge in [0.2, 0.25) is 15.9 Å². The summed E-state index contributed by atoms with van der Waals surface area (Å²) < 4.78 is 27.1. The van der Waals surface area contributed by atoms with Crippen LogP contribution in [0, 0.1) is 11.8 Å². The number of nitrogens with zero attached hydrogens (tertiary/aromatic N) is 2. The van der Waals surface area contributed by atoms with E-state index in [0.717, 1.165) is 19.3 Å². The summed E-state index contributed by atoms with van der Waals surface area (Å²) in [6.45, 7) is 2.43.